The molecule has 0 amide bonds. The van der Waals surface area contributed by atoms with Crippen LogP contribution in [0.25, 0.3) is 0 Å². The van der Waals surface area contributed by atoms with Crippen LogP contribution in [-0.4, -0.2) is 12.2 Å². The summed E-state index contributed by atoms with van der Waals surface area (Å²) in [6.07, 6.45) is 0. The fraction of sp³-hybridized carbons (Fsp3) is 0.333. The van der Waals surface area contributed by atoms with Crippen molar-refractivity contribution in [1.29, 1.82) is 0 Å². The summed E-state index contributed by atoms with van der Waals surface area (Å²) in [5.41, 5.74) is 0.766. The third-order valence-electron chi connectivity index (χ3n) is 1.71. The summed E-state index contributed by atoms with van der Waals surface area (Å²) in [5.74, 6) is -1.17. The van der Waals surface area contributed by atoms with E-state index >= 15 is 0 Å². The third-order valence-corrected chi connectivity index (χ3v) is 1.71. The van der Waals surface area contributed by atoms with Crippen molar-refractivity contribution in [2.75, 3.05) is 7.11 Å². The average Bonchev–Trinajstić information content (AvgIpc) is 2.06. The standard InChI is InChI=1S/C9H12O2/c1-9(10,11-2)8-6-4-3-5-7-8/h3-7,10H,1-2H3/t9-/m0/s1. The zero-order valence-electron chi connectivity index (χ0n) is 6.74. The van der Waals surface area contributed by atoms with Gasteiger partial charge in [-0.2, -0.15) is 0 Å². The Labute approximate surface area is 66.4 Å². The van der Waals surface area contributed by atoms with Gasteiger partial charge in [0.2, 0.25) is 0 Å². The molecule has 60 valence electrons. The van der Waals surface area contributed by atoms with Gasteiger partial charge in [-0.15, -0.1) is 0 Å². The Morgan fingerprint density at radius 2 is 1.82 bits per heavy atom. The average molecular weight is 152 g/mol. The topological polar surface area (TPSA) is 29.5 Å². The molecule has 0 aliphatic carbocycles. The van der Waals surface area contributed by atoms with Crippen LogP contribution in [0.2, 0.25) is 0 Å². The first kappa shape index (κ1) is 8.24. The molecule has 0 aliphatic heterocycles. The Morgan fingerprint density at radius 3 is 2.27 bits per heavy atom. The lowest BCUT2D eigenvalue weighted by molar-refractivity contribution is -0.179. The molecule has 1 rings (SSSR count). The van der Waals surface area contributed by atoms with Crippen LogP contribution >= 0.6 is 0 Å². The molecule has 11 heavy (non-hydrogen) atoms. The van der Waals surface area contributed by atoms with Crippen LogP contribution in [0.4, 0.5) is 0 Å². The van der Waals surface area contributed by atoms with Gasteiger partial charge in [-0.05, 0) is 6.92 Å². The second-order valence-corrected chi connectivity index (χ2v) is 2.55. The molecule has 0 aromatic heterocycles. The summed E-state index contributed by atoms with van der Waals surface area (Å²) in [6, 6.07) is 9.27. The van der Waals surface area contributed by atoms with Crippen LogP contribution in [0, 0.1) is 0 Å². The van der Waals surface area contributed by atoms with Crippen LogP contribution in [0.5, 0.6) is 0 Å². The first-order valence-corrected chi connectivity index (χ1v) is 3.50. The van der Waals surface area contributed by atoms with E-state index in [4.69, 9.17) is 4.74 Å². The Hall–Kier alpha value is -0.860. The maximum Gasteiger partial charge on any atom is 0.189 e. The number of methoxy groups -OCH3 is 1. The normalized spacial score (nSPS) is 15.9. The van der Waals surface area contributed by atoms with Gasteiger partial charge >= 0.3 is 0 Å². The van der Waals surface area contributed by atoms with Crippen molar-refractivity contribution in [2.45, 2.75) is 12.7 Å². The minimum atomic E-state index is -1.17. The number of benzene rings is 1. The van der Waals surface area contributed by atoms with Gasteiger partial charge in [0.25, 0.3) is 0 Å². The molecule has 0 aliphatic rings. The molecule has 2 heteroatoms. The van der Waals surface area contributed by atoms with Crippen molar-refractivity contribution in [3.8, 4) is 0 Å². The highest BCUT2D eigenvalue weighted by atomic mass is 16.6. The lowest BCUT2D eigenvalue weighted by Gasteiger charge is -2.21. The number of rotatable bonds is 2. The summed E-state index contributed by atoms with van der Waals surface area (Å²) in [4.78, 5) is 0. The smallest absolute Gasteiger partial charge is 0.189 e. The van der Waals surface area contributed by atoms with Crippen LogP contribution in [0.15, 0.2) is 30.3 Å². The van der Waals surface area contributed by atoms with Gasteiger partial charge in [0.15, 0.2) is 5.79 Å². The van der Waals surface area contributed by atoms with Crippen molar-refractivity contribution < 1.29 is 9.84 Å². The van der Waals surface area contributed by atoms with Gasteiger partial charge < -0.3 is 9.84 Å². The van der Waals surface area contributed by atoms with Crippen molar-refractivity contribution in [1.82, 2.24) is 0 Å². The molecule has 1 N–H and O–H groups in total. The fourth-order valence-electron chi connectivity index (χ4n) is 0.865. The first-order valence-electron chi connectivity index (χ1n) is 3.50. The molecular formula is C9H12O2. The van der Waals surface area contributed by atoms with Crippen LogP contribution in [0.1, 0.15) is 12.5 Å². The number of ether oxygens (including phenoxy) is 1. The van der Waals surface area contributed by atoms with Crippen LogP contribution in [0.3, 0.4) is 0 Å². The molecular weight excluding hydrogens is 140 g/mol. The van der Waals surface area contributed by atoms with Crippen molar-refractivity contribution in [3.63, 3.8) is 0 Å². The Kier molecular flexibility index (Phi) is 2.27. The number of aliphatic hydroxyl groups is 1. The Balaban J connectivity index is 2.93. The SMILES string of the molecule is CO[C@](C)(O)c1ccccc1. The summed E-state index contributed by atoms with van der Waals surface area (Å²) >= 11 is 0. The van der Waals surface area contributed by atoms with Crippen molar-refractivity contribution in [2.24, 2.45) is 0 Å². The molecule has 0 unspecified atom stereocenters. The minimum absolute atomic E-state index is 0.766. The molecule has 0 radical (unpaired) electrons. The van der Waals surface area contributed by atoms with E-state index in [2.05, 4.69) is 0 Å². The van der Waals surface area contributed by atoms with E-state index in [0.717, 1.165) is 5.56 Å². The molecule has 0 fully saturated rings. The highest BCUT2D eigenvalue weighted by Gasteiger charge is 2.20. The van der Waals surface area contributed by atoms with Crippen LogP contribution in [-0.2, 0) is 10.5 Å². The Morgan fingerprint density at radius 1 is 1.27 bits per heavy atom. The zero-order chi connectivity index (χ0) is 8.32. The summed E-state index contributed by atoms with van der Waals surface area (Å²) < 4.78 is 4.88. The van der Waals surface area contributed by atoms with E-state index in [-0.39, 0.29) is 0 Å². The van der Waals surface area contributed by atoms with E-state index in [1.54, 1.807) is 6.92 Å². The number of hydrogen-bond donors (Lipinski definition) is 1. The molecule has 1 atom stereocenters. The quantitative estimate of drug-likeness (QED) is 0.651. The fourth-order valence-corrected chi connectivity index (χ4v) is 0.865. The zero-order valence-corrected chi connectivity index (χ0v) is 6.74. The third kappa shape index (κ3) is 1.79. The Bertz CT molecular complexity index is 216. The number of hydrogen-bond acceptors (Lipinski definition) is 2. The molecule has 2 nitrogen and oxygen atoms in total. The molecule has 0 saturated heterocycles. The highest BCUT2D eigenvalue weighted by molar-refractivity contribution is 5.18. The lowest BCUT2D eigenvalue weighted by Crippen LogP contribution is -2.22. The van der Waals surface area contributed by atoms with E-state index in [1.165, 1.54) is 7.11 Å². The van der Waals surface area contributed by atoms with Gasteiger partial charge in [-0.3, -0.25) is 0 Å². The first-order chi connectivity index (χ1) is 5.17. The van der Waals surface area contributed by atoms with Gasteiger partial charge in [-0.25, -0.2) is 0 Å². The summed E-state index contributed by atoms with van der Waals surface area (Å²) in [6.45, 7) is 1.61. The lowest BCUT2D eigenvalue weighted by atomic mass is 10.1. The monoisotopic (exact) mass is 152 g/mol. The molecule has 0 spiro atoms. The summed E-state index contributed by atoms with van der Waals surface area (Å²) in [5, 5.41) is 9.57. The van der Waals surface area contributed by atoms with E-state index in [1.807, 2.05) is 30.3 Å². The molecule has 1 aromatic rings. The van der Waals surface area contributed by atoms with E-state index in [9.17, 15) is 5.11 Å². The predicted octanol–water partition coefficient (Wildman–Crippen LogP) is 1.50. The van der Waals surface area contributed by atoms with Crippen molar-refractivity contribution >= 4 is 0 Å². The maximum atomic E-state index is 9.57. The molecule has 0 heterocycles. The second-order valence-electron chi connectivity index (χ2n) is 2.55. The largest absolute Gasteiger partial charge is 0.362 e. The van der Waals surface area contributed by atoms with Gasteiger partial charge in [0.05, 0.1) is 0 Å². The molecule has 0 saturated carbocycles. The second kappa shape index (κ2) is 3.03. The van der Waals surface area contributed by atoms with Crippen molar-refractivity contribution in [3.05, 3.63) is 35.9 Å². The molecule has 0 bridgehead atoms. The highest BCUT2D eigenvalue weighted by Crippen LogP contribution is 2.19. The minimum Gasteiger partial charge on any atom is -0.362 e. The van der Waals surface area contributed by atoms with E-state index < -0.39 is 5.79 Å². The van der Waals surface area contributed by atoms with Crippen LogP contribution < -0.4 is 0 Å². The molecule has 1 aromatic carbocycles. The maximum absolute atomic E-state index is 9.57. The van der Waals surface area contributed by atoms with E-state index in [0.29, 0.717) is 0 Å². The predicted molar refractivity (Wildman–Crippen MR) is 43.0 cm³/mol. The van der Waals surface area contributed by atoms with Gasteiger partial charge in [-0.1, -0.05) is 30.3 Å². The summed E-state index contributed by atoms with van der Waals surface area (Å²) in [7, 11) is 1.48. The van der Waals surface area contributed by atoms with Gasteiger partial charge in [0.1, 0.15) is 0 Å². The van der Waals surface area contributed by atoms with Gasteiger partial charge in [0, 0.05) is 12.7 Å².